The van der Waals surface area contributed by atoms with Crippen LogP contribution in [0.5, 0.6) is 0 Å². The highest BCUT2D eigenvalue weighted by molar-refractivity contribution is 7.18. The summed E-state index contributed by atoms with van der Waals surface area (Å²) in [6, 6.07) is 8.64. The maximum atomic E-state index is 5.60. The molecular weight excluding hydrogens is 256 g/mol. The van der Waals surface area contributed by atoms with Gasteiger partial charge in [-0.05, 0) is 38.3 Å². The molecule has 19 heavy (non-hydrogen) atoms. The normalized spacial score (nSPS) is 24.9. The lowest BCUT2D eigenvalue weighted by atomic mass is 10.0. The number of ether oxygens (including phenoxy) is 1. The first kappa shape index (κ1) is 13.0. The minimum absolute atomic E-state index is 0.310. The highest BCUT2D eigenvalue weighted by Crippen LogP contribution is 2.27. The Labute approximate surface area is 118 Å². The smallest absolute Gasteiger partial charge is 0.111 e. The van der Waals surface area contributed by atoms with Crippen molar-refractivity contribution in [1.82, 2.24) is 10.3 Å². The number of para-hydroxylation sites is 1. The molecule has 2 heterocycles. The second kappa shape index (κ2) is 5.57. The summed E-state index contributed by atoms with van der Waals surface area (Å²) in [6.07, 6.45) is 1.55. The molecule has 4 heteroatoms. The van der Waals surface area contributed by atoms with Gasteiger partial charge in [-0.15, -0.1) is 11.3 Å². The molecule has 0 aliphatic carbocycles. The number of aromatic nitrogens is 1. The lowest BCUT2D eigenvalue weighted by molar-refractivity contribution is 0.105. The van der Waals surface area contributed by atoms with E-state index in [1.165, 1.54) is 16.1 Å². The van der Waals surface area contributed by atoms with Crippen molar-refractivity contribution in [2.75, 3.05) is 13.2 Å². The Morgan fingerprint density at radius 3 is 3.05 bits per heavy atom. The van der Waals surface area contributed by atoms with Crippen molar-refractivity contribution in [1.29, 1.82) is 0 Å². The van der Waals surface area contributed by atoms with E-state index in [4.69, 9.17) is 9.72 Å². The van der Waals surface area contributed by atoms with E-state index in [1.807, 2.05) is 6.07 Å². The van der Waals surface area contributed by atoms with Gasteiger partial charge in [0.2, 0.25) is 0 Å². The Balaban J connectivity index is 1.64. The van der Waals surface area contributed by atoms with Gasteiger partial charge in [0.25, 0.3) is 0 Å². The van der Waals surface area contributed by atoms with Crippen molar-refractivity contribution in [2.24, 2.45) is 5.92 Å². The molecule has 3 unspecified atom stereocenters. The summed E-state index contributed by atoms with van der Waals surface area (Å²) in [5.74, 6) is 0.636. The highest BCUT2D eigenvalue weighted by Gasteiger charge is 2.24. The molecule has 1 fully saturated rings. The van der Waals surface area contributed by atoms with Crippen LogP contribution in [0.15, 0.2) is 24.3 Å². The summed E-state index contributed by atoms with van der Waals surface area (Å²) in [6.45, 7) is 6.28. The Morgan fingerprint density at radius 1 is 1.47 bits per heavy atom. The standard InChI is InChI=1S/C15H20N2OS/c1-10(16-9-12-7-8-18-11(12)2)15-17-13-5-3-4-6-14(13)19-15/h3-6,10-12,16H,7-9H2,1-2H3. The maximum Gasteiger partial charge on any atom is 0.111 e. The predicted molar refractivity (Wildman–Crippen MR) is 79.6 cm³/mol. The van der Waals surface area contributed by atoms with Gasteiger partial charge in [-0.3, -0.25) is 0 Å². The van der Waals surface area contributed by atoms with Gasteiger partial charge in [0.05, 0.1) is 22.4 Å². The average molecular weight is 276 g/mol. The minimum Gasteiger partial charge on any atom is -0.378 e. The third kappa shape index (κ3) is 2.81. The SMILES string of the molecule is CC(NCC1CCOC1C)c1nc2ccccc2s1. The molecular formula is C15H20N2OS. The topological polar surface area (TPSA) is 34.1 Å². The molecule has 0 spiro atoms. The van der Waals surface area contributed by atoms with Crippen LogP contribution in [0.2, 0.25) is 0 Å². The molecule has 0 amide bonds. The fraction of sp³-hybridized carbons (Fsp3) is 0.533. The van der Waals surface area contributed by atoms with Crippen LogP contribution in [0.25, 0.3) is 10.2 Å². The van der Waals surface area contributed by atoms with Gasteiger partial charge < -0.3 is 10.1 Å². The van der Waals surface area contributed by atoms with Gasteiger partial charge in [-0.25, -0.2) is 4.98 Å². The van der Waals surface area contributed by atoms with E-state index in [0.29, 0.717) is 18.1 Å². The second-order valence-electron chi connectivity index (χ2n) is 5.27. The van der Waals surface area contributed by atoms with Crippen LogP contribution in [0.4, 0.5) is 0 Å². The molecule has 1 aromatic heterocycles. The van der Waals surface area contributed by atoms with E-state index < -0.39 is 0 Å². The summed E-state index contributed by atoms with van der Waals surface area (Å²) in [5.41, 5.74) is 1.11. The van der Waals surface area contributed by atoms with Crippen LogP contribution in [0.3, 0.4) is 0 Å². The van der Waals surface area contributed by atoms with Crippen molar-refractivity contribution in [3.8, 4) is 0 Å². The Hall–Kier alpha value is -0.970. The third-order valence-electron chi connectivity index (χ3n) is 3.90. The molecule has 1 aromatic carbocycles. The number of hydrogen-bond donors (Lipinski definition) is 1. The van der Waals surface area contributed by atoms with Crippen LogP contribution in [-0.4, -0.2) is 24.2 Å². The van der Waals surface area contributed by atoms with Crippen molar-refractivity contribution in [2.45, 2.75) is 32.4 Å². The fourth-order valence-corrected chi connectivity index (χ4v) is 3.53. The van der Waals surface area contributed by atoms with Gasteiger partial charge in [0.15, 0.2) is 0 Å². The molecule has 1 aliphatic heterocycles. The van der Waals surface area contributed by atoms with Crippen LogP contribution < -0.4 is 5.32 Å². The average Bonchev–Trinajstić information content (AvgIpc) is 3.01. The second-order valence-corrected chi connectivity index (χ2v) is 6.34. The molecule has 0 radical (unpaired) electrons. The molecule has 0 bridgehead atoms. The molecule has 2 aromatic rings. The highest BCUT2D eigenvalue weighted by atomic mass is 32.1. The predicted octanol–water partition coefficient (Wildman–Crippen LogP) is 3.37. The molecule has 1 N–H and O–H groups in total. The number of nitrogens with one attached hydrogen (secondary N) is 1. The van der Waals surface area contributed by atoms with Gasteiger partial charge in [-0.1, -0.05) is 12.1 Å². The molecule has 3 rings (SSSR count). The number of fused-ring (bicyclic) bond motifs is 1. The number of thiazole rings is 1. The van der Waals surface area contributed by atoms with Crippen molar-refractivity contribution in [3.05, 3.63) is 29.3 Å². The zero-order valence-electron chi connectivity index (χ0n) is 11.4. The third-order valence-corrected chi connectivity index (χ3v) is 5.12. The first-order chi connectivity index (χ1) is 9.24. The van der Waals surface area contributed by atoms with E-state index in [0.717, 1.165) is 18.7 Å². The van der Waals surface area contributed by atoms with E-state index in [2.05, 4.69) is 37.4 Å². The molecule has 3 nitrogen and oxygen atoms in total. The zero-order valence-corrected chi connectivity index (χ0v) is 12.2. The Bertz CT molecular complexity index is 521. The minimum atomic E-state index is 0.310. The largest absolute Gasteiger partial charge is 0.378 e. The quantitative estimate of drug-likeness (QED) is 0.929. The zero-order chi connectivity index (χ0) is 13.2. The van der Waals surface area contributed by atoms with Gasteiger partial charge in [0, 0.05) is 13.2 Å². The van der Waals surface area contributed by atoms with E-state index >= 15 is 0 Å². The van der Waals surface area contributed by atoms with E-state index in [-0.39, 0.29) is 0 Å². The maximum absolute atomic E-state index is 5.60. The number of nitrogens with zero attached hydrogens (tertiary/aromatic N) is 1. The Kier molecular flexibility index (Phi) is 3.82. The monoisotopic (exact) mass is 276 g/mol. The van der Waals surface area contributed by atoms with Crippen molar-refractivity contribution < 1.29 is 4.74 Å². The van der Waals surface area contributed by atoms with Gasteiger partial charge >= 0.3 is 0 Å². The number of hydrogen-bond acceptors (Lipinski definition) is 4. The van der Waals surface area contributed by atoms with E-state index in [9.17, 15) is 0 Å². The summed E-state index contributed by atoms with van der Waals surface area (Å²) < 4.78 is 6.87. The molecule has 3 atom stereocenters. The molecule has 0 saturated carbocycles. The van der Waals surface area contributed by atoms with Crippen LogP contribution in [-0.2, 0) is 4.74 Å². The van der Waals surface area contributed by atoms with Crippen molar-refractivity contribution in [3.63, 3.8) is 0 Å². The van der Waals surface area contributed by atoms with Crippen LogP contribution >= 0.6 is 11.3 Å². The van der Waals surface area contributed by atoms with Crippen molar-refractivity contribution >= 4 is 21.6 Å². The molecule has 1 aliphatic rings. The number of rotatable bonds is 4. The van der Waals surface area contributed by atoms with E-state index in [1.54, 1.807) is 11.3 Å². The first-order valence-electron chi connectivity index (χ1n) is 6.94. The summed E-state index contributed by atoms with van der Waals surface area (Å²) in [4.78, 5) is 4.70. The van der Waals surface area contributed by atoms with Crippen LogP contribution in [0, 0.1) is 5.92 Å². The Morgan fingerprint density at radius 2 is 2.32 bits per heavy atom. The van der Waals surface area contributed by atoms with Gasteiger partial charge in [-0.2, -0.15) is 0 Å². The lowest BCUT2D eigenvalue weighted by Gasteiger charge is -2.17. The van der Waals surface area contributed by atoms with Gasteiger partial charge in [0.1, 0.15) is 5.01 Å². The lowest BCUT2D eigenvalue weighted by Crippen LogP contribution is -2.29. The first-order valence-corrected chi connectivity index (χ1v) is 7.76. The fourth-order valence-electron chi connectivity index (χ4n) is 2.53. The molecule has 1 saturated heterocycles. The molecule has 102 valence electrons. The van der Waals surface area contributed by atoms with Crippen LogP contribution in [0.1, 0.15) is 31.3 Å². The number of benzene rings is 1. The summed E-state index contributed by atoms with van der Waals surface area (Å²) in [5, 5.41) is 4.77. The summed E-state index contributed by atoms with van der Waals surface area (Å²) >= 11 is 1.78. The summed E-state index contributed by atoms with van der Waals surface area (Å²) in [7, 11) is 0.